The van der Waals surface area contributed by atoms with Gasteiger partial charge in [0.1, 0.15) is 23.7 Å². The standard InChI is InChI=1S/C45H75N5O10/c1-16-29(6)38(48(11)42(54)36(27(2)3)47-41(53)37(28(4)5)49(12)44(56)60-45(8,9)10)34(57-13)26-35(51)50-24-20-23-33(50)39(58-14)30(7)40(52)46-32(43(55)59-15)25-31-21-18-17-19-22-31/h17-19,21-22,27-30,32-34,36-39H,16,20,23-26H2,1-15H3,(H,46,52)(H,47,53)/t29-,30+,32-,33-,34?,36-,37-,38-,39+/m0/s1. The third kappa shape index (κ3) is 14.2. The molecule has 5 amide bonds. The van der Waals surface area contributed by atoms with Crippen LogP contribution in [0.15, 0.2) is 30.3 Å². The molecule has 9 atom stereocenters. The first-order valence-corrected chi connectivity index (χ1v) is 21.3. The number of amides is 5. The molecule has 1 aliphatic heterocycles. The molecule has 2 rings (SSSR count). The van der Waals surface area contributed by atoms with Crippen LogP contribution < -0.4 is 10.6 Å². The Labute approximate surface area is 358 Å². The van der Waals surface area contributed by atoms with E-state index in [0.29, 0.717) is 25.8 Å². The third-order valence-electron chi connectivity index (χ3n) is 11.6. The van der Waals surface area contributed by atoms with Crippen LogP contribution in [-0.4, -0.2) is 140 Å². The van der Waals surface area contributed by atoms with Crippen molar-refractivity contribution < 1.29 is 47.7 Å². The number of esters is 1. The van der Waals surface area contributed by atoms with Crippen LogP contribution in [0.4, 0.5) is 4.79 Å². The molecule has 340 valence electrons. The van der Waals surface area contributed by atoms with E-state index in [1.165, 1.54) is 33.3 Å². The fraction of sp³-hybridized carbons (Fsp3) is 0.733. The zero-order valence-electron chi connectivity index (χ0n) is 38.9. The van der Waals surface area contributed by atoms with E-state index in [1.807, 2.05) is 71.9 Å². The second kappa shape index (κ2) is 23.7. The van der Waals surface area contributed by atoms with Crippen molar-refractivity contribution in [2.45, 2.75) is 149 Å². The smallest absolute Gasteiger partial charge is 0.410 e. The highest BCUT2D eigenvalue weighted by Gasteiger charge is 2.44. The summed E-state index contributed by atoms with van der Waals surface area (Å²) >= 11 is 0. The molecule has 1 aromatic carbocycles. The van der Waals surface area contributed by atoms with Crippen LogP contribution >= 0.6 is 0 Å². The predicted molar refractivity (Wildman–Crippen MR) is 230 cm³/mol. The molecule has 0 bridgehead atoms. The Morgan fingerprint density at radius 1 is 0.850 bits per heavy atom. The second-order valence-corrected chi connectivity index (χ2v) is 17.9. The molecule has 1 aliphatic rings. The highest BCUT2D eigenvalue weighted by atomic mass is 16.6. The van der Waals surface area contributed by atoms with Gasteiger partial charge in [0.05, 0.1) is 43.7 Å². The number of likely N-dealkylation sites (tertiary alicyclic amines) is 1. The number of carbonyl (C=O) groups is 6. The fourth-order valence-corrected chi connectivity index (χ4v) is 8.14. The van der Waals surface area contributed by atoms with Crippen molar-refractivity contribution in [2.75, 3.05) is 42.0 Å². The quantitative estimate of drug-likeness (QED) is 0.163. The Hall–Kier alpha value is -4.24. The number of benzene rings is 1. The summed E-state index contributed by atoms with van der Waals surface area (Å²) in [6.45, 7) is 18.8. The number of ether oxygens (including phenoxy) is 4. The number of hydrogen-bond donors (Lipinski definition) is 2. The van der Waals surface area contributed by atoms with Crippen LogP contribution in [-0.2, 0) is 49.3 Å². The van der Waals surface area contributed by atoms with Crippen molar-refractivity contribution in [1.82, 2.24) is 25.3 Å². The molecule has 1 aromatic rings. The van der Waals surface area contributed by atoms with Gasteiger partial charge >= 0.3 is 12.1 Å². The van der Waals surface area contributed by atoms with Crippen molar-refractivity contribution in [3.05, 3.63) is 35.9 Å². The summed E-state index contributed by atoms with van der Waals surface area (Å²) in [6, 6.07) is 5.59. The second-order valence-electron chi connectivity index (χ2n) is 17.9. The lowest BCUT2D eigenvalue weighted by molar-refractivity contribution is -0.149. The Balaban J connectivity index is 2.31. The fourth-order valence-electron chi connectivity index (χ4n) is 8.14. The first-order valence-electron chi connectivity index (χ1n) is 21.3. The number of nitrogens with zero attached hydrogens (tertiary/aromatic N) is 3. The van der Waals surface area contributed by atoms with Gasteiger partial charge in [0.2, 0.25) is 23.6 Å². The molecule has 0 aromatic heterocycles. The van der Waals surface area contributed by atoms with Gasteiger partial charge in [-0.2, -0.15) is 0 Å². The average Bonchev–Trinajstić information content (AvgIpc) is 3.68. The predicted octanol–water partition coefficient (Wildman–Crippen LogP) is 4.84. The van der Waals surface area contributed by atoms with Crippen LogP contribution in [0.5, 0.6) is 0 Å². The number of nitrogens with one attached hydrogen (secondary N) is 2. The van der Waals surface area contributed by atoms with Crippen molar-refractivity contribution in [1.29, 1.82) is 0 Å². The van der Waals surface area contributed by atoms with Gasteiger partial charge in [-0.15, -0.1) is 0 Å². The highest BCUT2D eigenvalue weighted by Crippen LogP contribution is 2.30. The minimum absolute atomic E-state index is 0.0487. The van der Waals surface area contributed by atoms with E-state index in [9.17, 15) is 28.8 Å². The first-order chi connectivity index (χ1) is 28.0. The molecule has 1 saturated heterocycles. The summed E-state index contributed by atoms with van der Waals surface area (Å²) in [7, 11) is 7.49. The third-order valence-corrected chi connectivity index (χ3v) is 11.6. The van der Waals surface area contributed by atoms with Crippen LogP contribution in [0, 0.1) is 23.7 Å². The number of carbonyl (C=O) groups excluding carboxylic acids is 6. The van der Waals surface area contributed by atoms with E-state index in [1.54, 1.807) is 44.5 Å². The molecular formula is C45H75N5O10. The summed E-state index contributed by atoms with van der Waals surface area (Å²) in [5.41, 5.74) is 0.0996. The zero-order chi connectivity index (χ0) is 45.6. The largest absolute Gasteiger partial charge is 0.467 e. The van der Waals surface area contributed by atoms with Gasteiger partial charge in [0.15, 0.2) is 0 Å². The molecule has 1 fully saturated rings. The van der Waals surface area contributed by atoms with E-state index >= 15 is 0 Å². The van der Waals surface area contributed by atoms with Crippen molar-refractivity contribution in [2.24, 2.45) is 23.7 Å². The monoisotopic (exact) mass is 846 g/mol. The zero-order valence-corrected chi connectivity index (χ0v) is 38.9. The van der Waals surface area contributed by atoms with Crippen molar-refractivity contribution >= 4 is 35.7 Å². The first kappa shape index (κ1) is 51.9. The van der Waals surface area contributed by atoms with E-state index < -0.39 is 77.8 Å². The normalized spacial score (nSPS) is 18.4. The molecule has 15 heteroatoms. The summed E-state index contributed by atoms with van der Waals surface area (Å²) < 4.78 is 22.5. The van der Waals surface area contributed by atoms with Gasteiger partial charge in [-0.05, 0) is 56.9 Å². The summed E-state index contributed by atoms with van der Waals surface area (Å²) in [4.78, 5) is 86.7. The highest BCUT2D eigenvalue weighted by molar-refractivity contribution is 5.92. The van der Waals surface area contributed by atoms with Crippen molar-refractivity contribution in [3.63, 3.8) is 0 Å². The number of rotatable bonds is 21. The van der Waals surface area contributed by atoms with Gasteiger partial charge in [0.25, 0.3) is 0 Å². The maximum absolute atomic E-state index is 14.5. The minimum Gasteiger partial charge on any atom is -0.467 e. The Morgan fingerprint density at radius 3 is 1.97 bits per heavy atom. The molecule has 0 spiro atoms. The van der Waals surface area contributed by atoms with Crippen molar-refractivity contribution in [3.8, 4) is 0 Å². The SMILES string of the molecule is CC[C@H](C)[C@@H](C(CC(=O)N1CCC[C@H]1[C@H](OC)[C@@H](C)C(=O)N[C@@H](Cc1ccccc1)C(=O)OC)OC)N(C)C(=O)[C@@H](NC(=O)[C@H](C(C)C)N(C)C(=O)OC(C)(C)C)C(C)C. The maximum Gasteiger partial charge on any atom is 0.410 e. The molecule has 60 heavy (non-hydrogen) atoms. The summed E-state index contributed by atoms with van der Waals surface area (Å²) in [5.74, 6) is -3.45. The topological polar surface area (TPSA) is 173 Å². The lowest BCUT2D eigenvalue weighted by Crippen LogP contribution is -2.60. The lowest BCUT2D eigenvalue weighted by Gasteiger charge is -2.41. The van der Waals surface area contributed by atoms with Crippen LogP contribution in [0.25, 0.3) is 0 Å². The maximum atomic E-state index is 14.5. The molecule has 1 heterocycles. The van der Waals surface area contributed by atoms with Gasteiger partial charge < -0.3 is 39.4 Å². The minimum atomic E-state index is -0.944. The number of hydrogen-bond acceptors (Lipinski definition) is 10. The van der Waals surface area contributed by atoms with Gasteiger partial charge in [-0.25, -0.2) is 9.59 Å². The van der Waals surface area contributed by atoms with Gasteiger partial charge in [-0.3, -0.25) is 24.1 Å². The van der Waals surface area contributed by atoms with Gasteiger partial charge in [0, 0.05) is 41.3 Å². The molecule has 0 saturated carbocycles. The molecule has 1 unspecified atom stereocenters. The molecule has 2 N–H and O–H groups in total. The molecular weight excluding hydrogens is 771 g/mol. The lowest BCUT2D eigenvalue weighted by atomic mass is 9.89. The Morgan fingerprint density at radius 2 is 1.47 bits per heavy atom. The van der Waals surface area contributed by atoms with E-state index in [0.717, 1.165) is 5.56 Å². The van der Waals surface area contributed by atoms with E-state index in [2.05, 4.69) is 10.6 Å². The average molecular weight is 846 g/mol. The van der Waals surface area contributed by atoms with Crippen LogP contribution in [0.1, 0.15) is 100 Å². The Kier molecular flexibility index (Phi) is 20.5. The number of likely N-dealkylation sites (N-methyl/N-ethyl adjacent to an activating group) is 2. The molecule has 15 nitrogen and oxygen atoms in total. The van der Waals surface area contributed by atoms with Crippen LogP contribution in [0.3, 0.4) is 0 Å². The summed E-state index contributed by atoms with van der Waals surface area (Å²) in [5, 5.41) is 5.79. The summed E-state index contributed by atoms with van der Waals surface area (Å²) in [6.07, 6.45) is 0.136. The van der Waals surface area contributed by atoms with E-state index in [-0.39, 0.29) is 42.4 Å². The van der Waals surface area contributed by atoms with Crippen LogP contribution in [0.2, 0.25) is 0 Å². The van der Waals surface area contributed by atoms with Gasteiger partial charge in [-0.1, -0.05) is 85.2 Å². The Bertz CT molecular complexity index is 1570. The molecule has 0 radical (unpaired) electrons. The molecule has 0 aliphatic carbocycles. The van der Waals surface area contributed by atoms with E-state index in [4.69, 9.17) is 18.9 Å². The number of methoxy groups -OCH3 is 3.